The summed E-state index contributed by atoms with van der Waals surface area (Å²) in [5.41, 5.74) is 1.24. The van der Waals surface area contributed by atoms with E-state index in [4.69, 9.17) is 0 Å². The molecule has 0 saturated heterocycles. The topological polar surface area (TPSA) is 69.0 Å². The van der Waals surface area contributed by atoms with Gasteiger partial charge in [-0.3, -0.25) is 9.36 Å². The van der Waals surface area contributed by atoms with E-state index in [1.54, 1.807) is 13.0 Å². The number of anilines is 1. The number of ether oxygens (including phenoxy) is 1. The Balaban J connectivity index is 1.68. The number of rotatable bonds is 8. The third-order valence-corrected chi connectivity index (χ3v) is 5.15. The molecule has 0 radical (unpaired) electrons. The van der Waals surface area contributed by atoms with Gasteiger partial charge >= 0.3 is 6.36 Å². The molecule has 0 fully saturated rings. The monoisotopic (exact) mass is 448 g/mol. The summed E-state index contributed by atoms with van der Waals surface area (Å²) in [5.74, 6) is -0.0290. The van der Waals surface area contributed by atoms with Gasteiger partial charge in [-0.15, -0.1) is 29.9 Å². The van der Waals surface area contributed by atoms with Crippen LogP contribution in [0.1, 0.15) is 6.92 Å². The Hall–Kier alpha value is -3.27. The van der Waals surface area contributed by atoms with Gasteiger partial charge in [0, 0.05) is 17.8 Å². The van der Waals surface area contributed by atoms with Crippen molar-refractivity contribution in [3.05, 3.63) is 67.3 Å². The lowest BCUT2D eigenvalue weighted by molar-refractivity contribution is -0.274. The lowest BCUT2D eigenvalue weighted by Crippen LogP contribution is -2.23. The van der Waals surface area contributed by atoms with Crippen LogP contribution < -0.4 is 10.1 Å². The van der Waals surface area contributed by atoms with Crippen LogP contribution in [0.25, 0.3) is 11.4 Å². The molecule has 0 aliphatic rings. The maximum Gasteiger partial charge on any atom is 0.573 e. The second-order valence-corrected chi connectivity index (χ2v) is 7.70. The number of carbonyl (C=O) groups excluding carboxylic acids is 1. The fourth-order valence-electron chi connectivity index (χ4n) is 2.67. The molecule has 1 atom stereocenters. The van der Waals surface area contributed by atoms with Crippen molar-refractivity contribution in [2.45, 2.75) is 30.2 Å². The number of allylic oxidation sites excluding steroid dienone is 1. The predicted octanol–water partition coefficient (Wildman–Crippen LogP) is 5.15. The Morgan fingerprint density at radius 2 is 1.87 bits per heavy atom. The summed E-state index contributed by atoms with van der Waals surface area (Å²) in [4.78, 5) is 12.6. The molecule has 162 valence electrons. The molecule has 0 bridgehead atoms. The lowest BCUT2D eigenvalue weighted by Gasteiger charge is -2.13. The third-order valence-electron chi connectivity index (χ3n) is 4.07. The summed E-state index contributed by atoms with van der Waals surface area (Å²) in [6, 6.07) is 14.5. The Morgan fingerprint density at radius 3 is 2.48 bits per heavy atom. The molecule has 0 saturated carbocycles. The van der Waals surface area contributed by atoms with Crippen molar-refractivity contribution in [3.63, 3.8) is 0 Å². The first kappa shape index (κ1) is 22.4. The van der Waals surface area contributed by atoms with Crippen molar-refractivity contribution in [3.8, 4) is 17.1 Å². The summed E-state index contributed by atoms with van der Waals surface area (Å²) in [6.07, 6.45) is -3.05. The quantitative estimate of drug-likeness (QED) is 0.381. The van der Waals surface area contributed by atoms with Crippen LogP contribution in [0.3, 0.4) is 0 Å². The summed E-state index contributed by atoms with van der Waals surface area (Å²) in [5, 5.41) is 11.1. The average molecular weight is 448 g/mol. The lowest BCUT2D eigenvalue weighted by atomic mass is 10.2. The van der Waals surface area contributed by atoms with Gasteiger partial charge in [0.05, 0.1) is 5.25 Å². The standard InChI is InChI=1S/C21H19F3N4O2S/c1-3-13-28-18(15-7-5-4-6-8-15)26-27-20(28)31-14(2)19(29)25-16-9-11-17(12-10-16)30-21(22,23)24/h3-12,14H,1,13H2,2H3,(H,25,29). The minimum absolute atomic E-state index is 0.330. The summed E-state index contributed by atoms with van der Waals surface area (Å²) < 4.78 is 42.4. The van der Waals surface area contributed by atoms with E-state index in [-0.39, 0.29) is 11.7 Å². The Morgan fingerprint density at radius 1 is 1.19 bits per heavy atom. The molecule has 0 aliphatic heterocycles. The smallest absolute Gasteiger partial charge is 0.406 e. The van der Waals surface area contributed by atoms with Gasteiger partial charge in [0.1, 0.15) is 5.75 Å². The molecule has 6 nitrogen and oxygen atoms in total. The van der Waals surface area contributed by atoms with E-state index in [1.165, 1.54) is 23.9 Å². The highest BCUT2D eigenvalue weighted by Gasteiger charge is 2.31. The van der Waals surface area contributed by atoms with E-state index in [2.05, 4.69) is 26.8 Å². The number of hydrogen-bond donors (Lipinski definition) is 1. The number of nitrogens with zero attached hydrogens (tertiary/aromatic N) is 3. The van der Waals surface area contributed by atoms with E-state index >= 15 is 0 Å². The number of amides is 1. The van der Waals surface area contributed by atoms with Gasteiger partial charge in [0.2, 0.25) is 5.91 Å². The van der Waals surface area contributed by atoms with Crippen LogP contribution >= 0.6 is 11.8 Å². The average Bonchev–Trinajstić information content (AvgIpc) is 3.11. The first-order valence-electron chi connectivity index (χ1n) is 9.19. The zero-order valence-electron chi connectivity index (χ0n) is 16.5. The van der Waals surface area contributed by atoms with E-state index in [0.29, 0.717) is 23.2 Å². The molecular formula is C21H19F3N4O2S. The molecule has 3 aromatic rings. The van der Waals surface area contributed by atoms with Crippen LogP contribution in [0.4, 0.5) is 18.9 Å². The number of thioether (sulfide) groups is 1. The van der Waals surface area contributed by atoms with Crippen LogP contribution in [0.2, 0.25) is 0 Å². The second kappa shape index (κ2) is 9.69. The fourth-order valence-corrected chi connectivity index (χ4v) is 3.52. The second-order valence-electron chi connectivity index (χ2n) is 6.39. The molecule has 1 amide bonds. The zero-order chi connectivity index (χ0) is 22.4. The minimum atomic E-state index is -4.77. The Labute approximate surface area is 181 Å². The van der Waals surface area contributed by atoms with Gasteiger partial charge in [-0.25, -0.2) is 0 Å². The van der Waals surface area contributed by atoms with Crippen molar-refractivity contribution < 1.29 is 22.7 Å². The number of aromatic nitrogens is 3. The molecule has 0 spiro atoms. The Kier molecular flexibility index (Phi) is 7.01. The van der Waals surface area contributed by atoms with E-state index in [9.17, 15) is 18.0 Å². The minimum Gasteiger partial charge on any atom is -0.406 e. The fraction of sp³-hybridized carbons (Fsp3) is 0.190. The molecule has 1 N–H and O–H groups in total. The highest BCUT2D eigenvalue weighted by atomic mass is 32.2. The van der Waals surface area contributed by atoms with Crippen LogP contribution in [0.15, 0.2) is 72.4 Å². The van der Waals surface area contributed by atoms with E-state index in [1.807, 2.05) is 34.9 Å². The van der Waals surface area contributed by atoms with Crippen molar-refractivity contribution in [2.24, 2.45) is 0 Å². The SMILES string of the molecule is C=CCn1c(SC(C)C(=O)Nc2ccc(OC(F)(F)F)cc2)nnc1-c1ccccc1. The third kappa shape index (κ3) is 6.11. The maximum atomic E-state index is 12.6. The zero-order valence-corrected chi connectivity index (χ0v) is 17.3. The van der Waals surface area contributed by atoms with Crippen molar-refractivity contribution in [2.75, 3.05) is 5.32 Å². The van der Waals surface area contributed by atoms with Crippen LogP contribution in [-0.2, 0) is 11.3 Å². The molecule has 3 rings (SSSR count). The first-order valence-corrected chi connectivity index (χ1v) is 10.1. The number of hydrogen-bond acceptors (Lipinski definition) is 5. The molecule has 1 heterocycles. The maximum absolute atomic E-state index is 12.6. The van der Waals surface area contributed by atoms with Gasteiger partial charge in [-0.2, -0.15) is 0 Å². The predicted molar refractivity (Wildman–Crippen MR) is 113 cm³/mol. The van der Waals surface area contributed by atoms with E-state index < -0.39 is 11.6 Å². The molecule has 31 heavy (non-hydrogen) atoms. The molecule has 1 aromatic heterocycles. The van der Waals surface area contributed by atoms with Gasteiger partial charge in [-0.1, -0.05) is 48.2 Å². The number of halogens is 3. The summed E-state index contributed by atoms with van der Waals surface area (Å²) >= 11 is 1.22. The normalized spacial score (nSPS) is 12.3. The van der Waals surface area contributed by atoms with Crippen LogP contribution in [0.5, 0.6) is 5.75 Å². The highest BCUT2D eigenvalue weighted by Crippen LogP contribution is 2.28. The number of benzene rings is 2. The van der Waals surface area contributed by atoms with Gasteiger partial charge < -0.3 is 10.1 Å². The molecular weight excluding hydrogens is 429 g/mol. The van der Waals surface area contributed by atoms with E-state index in [0.717, 1.165) is 17.7 Å². The van der Waals surface area contributed by atoms with Crippen molar-refractivity contribution >= 4 is 23.4 Å². The van der Waals surface area contributed by atoms with Gasteiger partial charge in [0.15, 0.2) is 11.0 Å². The van der Waals surface area contributed by atoms with Crippen LogP contribution in [0, 0.1) is 0 Å². The molecule has 10 heteroatoms. The molecule has 2 aromatic carbocycles. The first-order chi connectivity index (χ1) is 14.8. The van der Waals surface area contributed by atoms with Crippen LogP contribution in [-0.4, -0.2) is 32.3 Å². The summed E-state index contributed by atoms with van der Waals surface area (Å²) in [6.45, 7) is 5.94. The molecule has 1 unspecified atom stereocenters. The highest BCUT2D eigenvalue weighted by molar-refractivity contribution is 8.00. The number of alkyl halides is 3. The summed E-state index contributed by atoms with van der Waals surface area (Å²) in [7, 11) is 0. The van der Waals surface area contributed by atoms with Gasteiger partial charge in [-0.05, 0) is 31.2 Å². The number of nitrogens with one attached hydrogen (secondary N) is 1. The Bertz CT molecular complexity index is 1040. The molecule has 0 aliphatic carbocycles. The van der Waals surface area contributed by atoms with Crippen molar-refractivity contribution in [1.29, 1.82) is 0 Å². The number of carbonyl (C=O) groups is 1. The van der Waals surface area contributed by atoms with Crippen molar-refractivity contribution in [1.82, 2.24) is 14.8 Å². The van der Waals surface area contributed by atoms with Gasteiger partial charge in [0.25, 0.3) is 0 Å². The largest absolute Gasteiger partial charge is 0.573 e.